The van der Waals surface area contributed by atoms with Gasteiger partial charge in [0.05, 0.1) is 11.4 Å². The van der Waals surface area contributed by atoms with Gasteiger partial charge in [-0.25, -0.2) is 8.42 Å². The molecule has 6 nitrogen and oxygen atoms in total. The highest BCUT2D eigenvalue weighted by atomic mass is 32.2. The van der Waals surface area contributed by atoms with E-state index in [2.05, 4.69) is 5.32 Å². The van der Waals surface area contributed by atoms with Gasteiger partial charge in [0, 0.05) is 38.4 Å². The van der Waals surface area contributed by atoms with E-state index in [4.69, 9.17) is 0 Å². The third-order valence-electron chi connectivity index (χ3n) is 4.56. The molecule has 1 aromatic heterocycles. The van der Waals surface area contributed by atoms with Gasteiger partial charge >= 0.3 is 0 Å². The molecule has 134 valence electrons. The van der Waals surface area contributed by atoms with Crippen molar-refractivity contribution in [2.45, 2.75) is 31.3 Å². The molecular weight excluding hydrogens is 338 g/mol. The summed E-state index contributed by atoms with van der Waals surface area (Å²) < 4.78 is 29.8. The van der Waals surface area contributed by atoms with Gasteiger partial charge < -0.3 is 9.88 Å². The minimum absolute atomic E-state index is 0.0755. The molecule has 25 heavy (non-hydrogen) atoms. The van der Waals surface area contributed by atoms with Gasteiger partial charge in [-0.2, -0.15) is 4.31 Å². The second kappa shape index (κ2) is 7.01. The molecule has 0 radical (unpaired) electrons. The molecule has 1 unspecified atom stereocenters. The summed E-state index contributed by atoms with van der Waals surface area (Å²) in [7, 11) is -2.02. The standard InChI is InChI=1S/C18H23N3O3S/c1-14-5-3-7-17(9-14)25(23,24)21-12-15(10-18(22)19-2)11-20-8-4-6-16(20)13-21/h3-9,15H,10-13H2,1-2H3,(H,19,22). The normalized spacial score (nSPS) is 18.4. The van der Waals surface area contributed by atoms with Crippen LogP contribution in [0, 0.1) is 12.8 Å². The van der Waals surface area contributed by atoms with Gasteiger partial charge in [0.15, 0.2) is 0 Å². The molecule has 2 heterocycles. The summed E-state index contributed by atoms with van der Waals surface area (Å²) in [5, 5.41) is 2.63. The number of fused-ring (bicyclic) bond motifs is 1. The Bertz CT molecular complexity index is 873. The van der Waals surface area contributed by atoms with Crippen molar-refractivity contribution in [3.63, 3.8) is 0 Å². The Kier molecular flexibility index (Phi) is 4.96. The second-order valence-corrected chi connectivity index (χ2v) is 8.45. The summed E-state index contributed by atoms with van der Waals surface area (Å²) in [6, 6.07) is 10.8. The average molecular weight is 361 g/mol. The first-order valence-corrected chi connectivity index (χ1v) is 9.75. The molecule has 1 aromatic carbocycles. The number of carbonyl (C=O) groups is 1. The molecule has 0 saturated heterocycles. The number of carbonyl (C=O) groups excluding carboxylic acids is 1. The van der Waals surface area contributed by atoms with Crippen molar-refractivity contribution in [2.75, 3.05) is 13.6 Å². The highest BCUT2D eigenvalue weighted by Gasteiger charge is 2.31. The number of nitrogens with zero attached hydrogens (tertiary/aromatic N) is 2. The zero-order chi connectivity index (χ0) is 18.0. The fraction of sp³-hybridized carbons (Fsp3) is 0.389. The van der Waals surface area contributed by atoms with Crippen LogP contribution in [0.1, 0.15) is 17.7 Å². The van der Waals surface area contributed by atoms with Crippen LogP contribution in [0.3, 0.4) is 0 Å². The van der Waals surface area contributed by atoms with Crippen LogP contribution < -0.4 is 5.32 Å². The third kappa shape index (κ3) is 3.77. The summed E-state index contributed by atoms with van der Waals surface area (Å²) in [6.07, 6.45) is 2.24. The average Bonchev–Trinajstić information content (AvgIpc) is 2.93. The summed E-state index contributed by atoms with van der Waals surface area (Å²) in [6.45, 7) is 3.15. The van der Waals surface area contributed by atoms with E-state index in [9.17, 15) is 13.2 Å². The maximum Gasteiger partial charge on any atom is 0.243 e. The van der Waals surface area contributed by atoms with Crippen LogP contribution in [-0.2, 0) is 27.9 Å². The van der Waals surface area contributed by atoms with Crippen molar-refractivity contribution in [3.05, 3.63) is 53.9 Å². The molecule has 0 aliphatic carbocycles. The molecule has 0 saturated carbocycles. The largest absolute Gasteiger partial charge is 0.359 e. The number of hydrogen-bond acceptors (Lipinski definition) is 3. The maximum absolute atomic E-state index is 13.1. The lowest BCUT2D eigenvalue weighted by Crippen LogP contribution is -2.35. The van der Waals surface area contributed by atoms with Crippen molar-refractivity contribution >= 4 is 15.9 Å². The van der Waals surface area contributed by atoms with Crippen LogP contribution in [0.5, 0.6) is 0 Å². The fourth-order valence-corrected chi connectivity index (χ4v) is 4.83. The smallest absolute Gasteiger partial charge is 0.243 e. The predicted molar refractivity (Wildman–Crippen MR) is 95.4 cm³/mol. The van der Waals surface area contributed by atoms with Gasteiger partial charge in [-0.3, -0.25) is 4.79 Å². The van der Waals surface area contributed by atoms with E-state index in [-0.39, 0.29) is 11.8 Å². The molecule has 1 aliphatic rings. The summed E-state index contributed by atoms with van der Waals surface area (Å²) in [4.78, 5) is 12.1. The summed E-state index contributed by atoms with van der Waals surface area (Å²) in [5.41, 5.74) is 1.84. The van der Waals surface area contributed by atoms with E-state index in [0.29, 0.717) is 31.0 Å². The molecule has 0 fully saturated rings. The molecule has 0 spiro atoms. The zero-order valence-corrected chi connectivity index (χ0v) is 15.3. The molecule has 1 atom stereocenters. The molecular formula is C18H23N3O3S. The van der Waals surface area contributed by atoms with E-state index in [1.807, 2.05) is 35.9 Å². The predicted octanol–water partition coefficient (Wildman–Crippen LogP) is 1.75. The molecule has 7 heteroatoms. The quantitative estimate of drug-likeness (QED) is 0.902. The summed E-state index contributed by atoms with van der Waals surface area (Å²) >= 11 is 0. The lowest BCUT2D eigenvalue weighted by molar-refractivity contribution is -0.121. The van der Waals surface area contributed by atoms with Crippen molar-refractivity contribution in [2.24, 2.45) is 5.92 Å². The van der Waals surface area contributed by atoms with Gasteiger partial charge in [-0.1, -0.05) is 12.1 Å². The Morgan fingerprint density at radius 1 is 1.24 bits per heavy atom. The van der Waals surface area contributed by atoms with Crippen LogP contribution in [0.25, 0.3) is 0 Å². The van der Waals surface area contributed by atoms with Crippen molar-refractivity contribution in [1.82, 2.24) is 14.2 Å². The highest BCUT2D eigenvalue weighted by molar-refractivity contribution is 7.89. The number of rotatable bonds is 4. The number of benzene rings is 1. The summed E-state index contributed by atoms with van der Waals surface area (Å²) in [5.74, 6) is -0.151. The molecule has 3 rings (SSSR count). The Balaban J connectivity index is 1.95. The number of hydrogen-bond donors (Lipinski definition) is 1. The van der Waals surface area contributed by atoms with Crippen LogP contribution in [0.4, 0.5) is 0 Å². The minimum Gasteiger partial charge on any atom is -0.359 e. The number of amides is 1. The molecule has 1 N–H and O–H groups in total. The number of aryl methyl sites for hydroxylation is 1. The van der Waals surface area contributed by atoms with Crippen molar-refractivity contribution in [1.29, 1.82) is 0 Å². The van der Waals surface area contributed by atoms with Crippen molar-refractivity contribution < 1.29 is 13.2 Å². The van der Waals surface area contributed by atoms with Crippen LogP contribution in [0.2, 0.25) is 0 Å². The van der Waals surface area contributed by atoms with E-state index < -0.39 is 10.0 Å². The molecule has 1 aliphatic heterocycles. The van der Waals surface area contributed by atoms with Crippen LogP contribution in [-0.4, -0.2) is 36.8 Å². The van der Waals surface area contributed by atoms with Gasteiger partial charge in [0.2, 0.25) is 15.9 Å². The highest BCUT2D eigenvalue weighted by Crippen LogP contribution is 2.25. The third-order valence-corrected chi connectivity index (χ3v) is 6.37. The minimum atomic E-state index is -3.62. The Morgan fingerprint density at radius 2 is 2.04 bits per heavy atom. The Morgan fingerprint density at radius 3 is 2.76 bits per heavy atom. The van der Waals surface area contributed by atoms with E-state index in [1.54, 1.807) is 25.2 Å². The van der Waals surface area contributed by atoms with Gasteiger partial charge in [-0.15, -0.1) is 0 Å². The van der Waals surface area contributed by atoms with Crippen LogP contribution in [0.15, 0.2) is 47.5 Å². The lowest BCUT2D eigenvalue weighted by atomic mass is 10.1. The first kappa shape index (κ1) is 17.7. The van der Waals surface area contributed by atoms with Gasteiger partial charge in [-0.05, 0) is 42.7 Å². The maximum atomic E-state index is 13.1. The second-order valence-electron chi connectivity index (χ2n) is 6.51. The topological polar surface area (TPSA) is 71.4 Å². The zero-order valence-electron chi connectivity index (χ0n) is 14.5. The Labute approximate surface area is 148 Å². The van der Waals surface area contributed by atoms with Gasteiger partial charge in [0.25, 0.3) is 0 Å². The number of nitrogens with one attached hydrogen (secondary N) is 1. The first-order chi connectivity index (χ1) is 11.9. The van der Waals surface area contributed by atoms with E-state index in [1.165, 1.54) is 4.31 Å². The van der Waals surface area contributed by atoms with Gasteiger partial charge in [0.1, 0.15) is 0 Å². The monoisotopic (exact) mass is 361 g/mol. The Hall–Kier alpha value is -2.12. The first-order valence-electron chi connectivity index (χ1n) is 8.31. The molecule has 2 aromatic rings. The fourth-order valence-electron chi connectivity index (χ4n) is 3.24. The van der Waals surface area contributed by atoms with E-state index >= 15 is 0 Å². The SMILES string of the molecule is CNC(=O)CC1CN(S(=O)(=O)c2cccc(C)c2)Cc2cccn2C1. The molecule has 0 bridgehead atoms. The number of aromatic nitrogens is 1. The van der Waals surface area contributed by atoms with E-state index in [0.717, 1.165) is 11.3 Å². The lowest BCUT2D eigenvalue weighted by Gasteiger charge is -2.23. The van der Waals surface area contributed by atoms with Crippen LogP contribution >= 0.6 is 0 Å². The number of sulfonamides is 1. The molecule has 1 amide bonds. The van der Waals surface area contributed by atoms with Crippen molar-refractivity contribution in [3.8, 4) is 0 Å².